The third kappa shape index (κ3) is 11.7. The fraction of sp³-hybridized carbons (Fsp3) is 0.422. The Morgan fingerprint density at radius 3 is 1.15 bits per heavy atom. The third-order valence-electron chi connectivity index (χ3n) is 9.35. The Morgan fingerprint density at radius 1 is 0.508 bits per heavy atom. The van der Waals surface area contributed by atoms with Crippen LogP contribution in [0.25, 0.3) is 0 Å². The average molecular weight is 851 g/mol. The lowest BCUT2D eigenvalue weighted by atomic mass is 9.95. The second-order valence-corrected chi connectivity index (χ2v) is 19.4. The van der Waals surface area contributed by atoms with Crippen LogP contribution in [0.1, 0.15) is 41.5 Å². The van der Waals surface area contributed by atoms with Gasteiger partial charge in [-0.25, -0.2) is 0 Å². The zero-order chi connectivity index (χ0) is 42.9. The van der Waals surface area contributed by atoms with Gasteiger partial charge in [0.2, 0.25) is 0 Å². The van der Waals surface area contributed by atoms with Crippen molar-refractivity contribution >= 4 is 49.5 Å². The highest BCUT2D eigenvalue weighted by molar-refractivity contribution is 7.69. The minimum Gasteiger partial charge on any atom is -0.497 e. The van der Waals surface area contributed by atoms with E-state index in [9.17, 15) is 9.59 Å². The van der Waals surface area contributed by atoms with Gasteiger partial charge < -0.3 is 46.9 Å². The molecule has 1 fully saturated rings. The molecule has 0 N–H and O–H groups in total. The summed E-state index contributed by atoms with van der Waals surface area (Å²) in [5.74, 6) is 1.77. The molecule has 0 aromatic heterocycles. The van der Waals surface area contributed by atoms with E-state index in [1.807, 2.05) is 97.1 Å². The van der Waals surface area contributed by atoms with Crippen molar-refractivity contribution in [3.8, 4) is 23.0 Å². The van der Waals surface area contributed by atoms with Crippen LogP contribution in [0.3, 0.4) is 0 Å². The van der Waals surface area contributed by atoms with Crippen LogP contribution in [0.15, 0.2) is 97.1 Å². The first-order valence-electron chi connectivity index (χ1n) is 19.2. The molecule has 0 aliphatic carbocycles. The van der Waals surface area contributed by atoms with Crippen LogP contribution < -0.4 is 40.2 Å². The molecule has 12 nitrogen and oxygen atoms in total. The molecule has 5 atom stereocenters. The molecule has 0 spiro atoms. The highest BCUT2D eigenvalue weighted by Crippen LogP contribution is 2.47. The molecule has 0 unspecified atom stereocenters. The largest absolute Gasteiger partial charge is 0.497 e. The Bertz CT molecular complexity index is 1850. The maximum absolute atomic E-state index is 13.9. The van der Waals surface area contributed by atoms with Crippen LogP contribution in [0, 0.1) is 10.8 Å². The van der Waals surface area contributed by atoms with Gasteiger partial charge in [-0.3, -0.25) is 9.59 Å². The van der Waals surface area contributed by atoms with Crippen LogP contribution in [0.2, 0.25) is 0 Å². The molecule has 4 aromatic carbocycles. The zero-order valence-corrected chi connectivity index (χ0v) is 37.4. The van der Waals surface area contributed by atoms with Gasteiger partial charge in [0.15, 0.2) is 12.4 Å². The van der Waals surface area contributed by atoms with Crippen LogP contribution in [-0.4, -0.2) is 84.8 Å². The van der Waals surface area contributed by atoms with Crippen molar-refractivity contribution < 1.29 is 56.5 Å². The zero-order valence-electron chi connectivity index (χ0n) is 35.6. The molecule has 0 radical (unpaired) electrons. The van der Waals surface area contributed by atoms with Crippen molar-refractivity contribution in [1.29, 1.82) is 0 Å². The molecule has 14 heteroatoms. The van der Waals surface area contributed by atoms with Gasteiger partial charge in [-0.15, -0.1) is 0 Å². The lowest BCUT2D eigenvalue weighted by Gasteiger charge is -2.47. The maximum Gasteiger partial charge on any atom is 0.311 e. The molecule has 318 valence electrons. The fourth-order valence-corrected chi connectivity index (χ4v) is 9.65. The molecule has 5 rings (SSSR count). The van der Waals surface area contributed by atoms with E-state index in [2.05, 4.69) is 0 Å². The summed E-state index contributed by atoms with van der Waals surface area (Å²) in [5.41, 5.74) is -1.70. The van der Waals surface area contributed by atoms with E-state index in [4.69, 9.17) is 46.9 Å². The summed E-state index contributed by atoms with van der Waals surface area (Å²) in [7, 11) is 4.57. The first-order valence-corrected chi connectivity index (χ1v) is 21.7. The van der Waals surface area contributed by atoms with Gasteiger partial charge in [-0.1, -0.05) is 0 Å². The van der Waals surface area contributed by atoms with Gasteiger partial charge >= 0.3 is 11.9 Å². The molecule has 1 aliphatic rings. The number of rotatable bonds is 16. The van der Waals surface area contributed by atoms with E-state index in [0.717, 1.165) is 21.2 Å². The van der Waals surface area contributed by atoms with Crippen molar-refractivity contribution in [1.82, 2.24) is 0 Å². The van der Waals surface area contributed by atoms with Crippen molar-refractivity contribution in [2.24, 2.45) is 10.8 Å². The minimum absolute atomic E-state index is 0.210. The van der Waals surface area contributed by atoms with Gasteiger partial charge in [-0.2, -0.15) is 0 Å². The number of hydrogen-bond donors (Lipinski definition) is 0. The molecule has 1 heterocycles. The van der Waals surface area contributed by atoms with E-state index in [0.29, 0.717) is 23.0 Å². The Balaban J connectivity index is 1.73. The molecule has 59 heavy (non-hydrogen) atoms. The fourth-order valence-electron chi connectivity index (χ4n) is 5.90. The molecule has 0 amide bonds. The Morgan fingerprint density at radius 2 is 0.847 bits per heavy atom. The summed E-state index contributed by atoms with van der Waals surface area (Å²) >= 11 is 0. The van der Waals surface area contributed by atoms with Crippen LogP contribution in [-0.2, 0) is 37.6 Å². The second kappa shape index (κ2) is 20.3. The first-order chi connectivity index (χ1) is 28.1. The van der Waals surface area contributed by atoms with Crippen molar-refractivity contribution in [3.63, 3.8) is 0 Å². The molecular weight excluding hydrogens is 794 g/mol. The molecule has 1 saturated heterocycles. The van der Waals surface area contributed by atoms with E-state index < -0.39 is 69.8 Å². The summed E-state index contributed by atoms with van der Waals surface area (Å²) < 4.78 is 61.6. The summed E-state index contributed by atoms with van der Waals surface area (Å²) in [6.07, 6.45) is -5.29. The van der Waals surface area contributed by atoms with Gasteiger partial charge in [0, 0.05) is 28.3 Å². The summed E-state index contributed by atoms with van der Waals surface area (Å²) in [6, 6.07) is 30.5. The SMILES string of the molecule is COc1ccc(P(O[C@@H]2[C@@H](OC(=O)C(C)(C)C)[C@@H](OC)O[C@H](COC(=O)C(C)(C)C)[C@H]2OP(c2ccc(OC)cc2)c2ccc(OC)cc2)c2ccc(OC)cc2)cc1. The van der Waals surface area contributed by atoms with Gasteiger partial charge in [0.25, 0.3) is 0 Å². The topological polar surface area (TPSA) is 126 Å². The number of carbonyl (C=O) groups excluding carboxylic acids is 2. The van der Waals surface area contributed by atoms with Crippen LogP contribution in [0.5, 0.6) is 23.0 Å². The molecular formula is C45H56O12P2. The van der Waals surface area contributed by atoms with Gasteiger partial charge in [-0.05, 0) is 139 Å². The normalized spacial score (nSPS) is 19.6. The molecule has 4 aromatic rings. The second-order valence-electron chi connectivity index (χ2n) is 15.8. The lowest BCUT2D eigenvalue weighted by Crippen LogP contribution is -2.62. The van der Waals surface area contributed by atoms with E-state index in [1.165, 1.54) is 7.11 Å². The Labute approximate surface area is 350 Å². The molecule has 0 saturated carbocycles. The Kier molecular flexibility index (Phi) is 15.8. The molecule has 0 bridgehead atoms. The predicted molar refractivity (Wildman–Crippen MR) is 230 cm³/mol. The van der Waals surface area contributed by atoms with Crippen molar-refractivity contribution in [2.45, 2.75) is 72.2 Å². The van der Waals surface area contributed by atoms with Gasteiger partial charge in [0.1, 0.15) is 47.9 Å². The highest BCUT2D eigenvalue weighted by Gasteiger charge is 2.53. The number of hydrogen-bond acceptors (Lipinski definition) is 12. The monoisotopic (exact) mass is 850 g/mol. The molecule has 1 aliphatic heterocycles. The summed E-state index contributed by atoms with van der Waals surface area (Å²) in [6.45, 7) is 10.4. The lowest BCUT2D eigenvalue weighted by molar-refractivity contribution is -0.291. The van der Waals surface area contributed by atoms with Crippen molar-refractivity contribution in [3.05, 3.63) is 97.1 Å². The third-order valence-corrected chi connectivity index (χ3v) is 13.3. The Hall–Kier alpha value is -4.28. The maximum atomic E-state index is 13.9. The van der Waals surface area contributed by atoms with Gasteiger partial charge in [0.05, 0.1) is 55.6 Å². The number of carbonyl (C=O) groups is 2. The number of benzene rings is 4. The van der Waals surface area contributed by atoms with Crippen LogP contribution in [0.4, 0.5) is 0 Å². The average Bonchev–Trinajstić information content (AvgIpc) is 3.24. The quantitative estimate of drug-likeness (QED) is 0.0869. The van der Waals surface area contributed by atoms with E-state index >= 15 is 0 Å². The predicted octanol–water partition coefficient (Wildman–Crippen LogP) is 6.81. The minimum atomic E-state index is -1.67. The van der Waals surface area contributed by atoms with Crippen molar-refractivity contribution in [2.75, 3.05) is 42.2 Å². The van der Waals surface area contributed by atoms with Crippen LogP contribution >= 0.6 is 16.3 Å². The number of ether oxygens (including phenoxy) is 8. The summed E-state index contributed by atoms with van der Waals surface area (Å²) in [5, 5.41) is 3.38. The smallest absolute Gasteiger partial charge is 0.311 e. The standard InChI is InChI=1S/C45H56O12P2/c1-44(2,3)42(46)53-28-37-38(56-58(33-20-12-29(48-7)13-21-33)34-22-14-30(49-8)15-23-34)39(40(41(52-11)54-37)55-43(47)45(4,5)6)57-59(35-24-16-31(50-9)17-25-35)36-26-18-32(51-10)19-27-36/h12-27,37-41H,28H2,1-11H3/t37-,38-,39+,40-,41+/m1/s1. The first kappa shape index (κ1) is 45.8. The number of esters is 2. The van der Waals surface area contributed by atoms with E-state index in [-0.39, 0.29) is 6.61 Å². The highest BCUT2D eigenvalue weighted by atomic mass is 31.1. The summed E-state index contributed by atoms with van der Waals surface area (Å²) in [4.78, 5) is 27.2. The van der Waals surface area contributed by atoms with E-state index in [1.54, 1.807) is 70.0 Å². The number of methoxy groups -OCH3 is 5.